The third-order valence-electron chi connectivity index (χ3n) is 6.18. The fourth-order valence-electron chi connectivity index (χ4n) is 4.47. The van der Waals surface area contributed by atoms with E-state index in [1.807, 2.05) is 60.2 Å². The zero-order chi connectivity index (χ0) is 22.8. The second-order valence-electron chi connectivity index (χ2n) is 8.28. The minimum Gasteiger partial charge on any atom is -0.495 e. The Labute approximate surface area is 192 Å². The maximum atomic E-state index is 13.5. The first kappa shape index (κ1) is 21.2. The summed E-state index contributed by atoms with van der Waals surface area (Å²) in [5.41, 5.74) is 3.40. The number of halogens is 1. The van der Waals surface area contributed by atoms with E-state index in [1.165, 1.54) is 12.1 Å². The number of hydrogen-bond acceptors (Lipinski definition) is 6. The number of methoxy groups -OCH3 is 1. The molecule has 7 nitrogen and oxygen atoms in total. The summed E-state index contributed by atoms with van der Waals surface area (Å²) in [6.45, 7) is 4.65. The number of oxime groups is 1. The summed E-state index contributed by atoms with van der Waals surface area (Å²) in [6, 6.07) is 12.7. The van der Waals surface area contributed by atoms with Gasteiger partial charge in [-0.05, 0) is 48.4 Å². The number of imidazole rings is 1. The summed E-state index contributed by atoms with van der Waals surface area (Å²) in [5, 5.41) is 7.79. The van der Waals surface area contributed by atoms with Crippen molar-refractivity contribution < 1.29 is 14.0 Å². The third-order valence-corrected chi connectivity index (χ3v) is 6.18. The van der Waals surface area contributed by atoms with Gasteiger partial charge in [0.2, 0.25) is 0 Å². The zero-order valence-electron chi connectivity index (χ0n) is 18.7. The number of fused-ring (bicyclic) bond motifs is 1. The summed E-state index contributed by atoms with van der Waals surface area (Å²) in [6.07, 6.45) is 7.69. The Morgan fingerprint density at radius 1 is 1.18 bits per heavy atom. The molecule has 33 heavy (non-hydrogen) atoms. The van der Waals surface area contributed by atoms with Crippen molar-refractivity contribution in [2.75, 3.05) is 33.4 Å². The smallest absolute Gasteiger partial charge is 0.169 e. The Morgan fingerprint density at radius 2 is 2.03 bits per heavy atom. The van der Waals surface area contributed by atoms with Crippen molar-refractivity contribution in [1.82, 2.24) is 19.8 Å². The van der Waals surface area contributed by atoms with Crippen LogP contribution >= 0.6 is 0 Å². The van der Waals surface area contributed by atoms with Crippen molar-refractivity contribution >= 4 is 11.9 Å². The fraction of sp³-hybridized carbons (Fsp3) is 0.280. The molecule has 1 N–H and O–H groups in total. The highest BCUT2D eigenvalue weighted by Crippen LogP contribution is 2.34. The van der Waals surface area contributed by atoms with Crippen molar-refractivity contribution in [2.45, 2.75) is 12.5 Å². The molecule has 3 aromatic rings. The lowest BCUT2D eigenvalue weighted by atomic mass is 9.86. The molecule has 170 valence electrons. The molecule has 0 spiro atoms. The number of aryl methyl sites for hydroxylation is 1. The maximum Gasteiger partial charge on any atom is 0.169 e. The van der Waals surface area contributed by atoms with Crippen LogP contribution in [-0.4, -0.2) is 53.6 Å². The average Bonchev–Trinajstić information content (AvgIpc) is 3.28. The summed E-state index contributed by atoms with van der Waals surface area (Å²) in [7, 11) is 1.66. The third kappa shape index (κ3) is 3.98. The highest BCUT2D eigenvalue weighted by Gasteiger charge is 2.45. The highest BCUT2D eigenvalue weighted by molar-refractivity contribution is 5.97. The van der Waals surface area contributed by atoms with Gasteiger partial charge in [0, 0.05) is 25.8 Å². The molecule has 2 aliphatic heterocycles. The number of nitrogens with zero attached hydrogens (tertiary/aromatic N) is 4. The summed E-state index contributed by atoms with van der Waals surface area (Å²) in [5.74, 6) is 1.23. The Morgan fingerprint density at radius 3 is 2.79 bits per heavy atom. The molecule has 8 heteroatoms. The largest absolute Gasteiger partial charge is 0.495 e. The fourth-order valence-corrected chi connectivity index (χ4v) is 4.47. The molecule has 1 aromatic heterocycles. The predicted octanol–water partition coefficient (Wildman–Crippen LogP) is 3.49. The van der Waals surface area contributed by atoms with Crippen molar-refractivity contribution in [3.63, 3.8) is 0 Å². The van der Waals surface area contributed by atoms with Gasteiger partial charge in [0.05, 0.1) is 24.8 Å². The number of hydrogen-bond donors (Lipinski definition) is 1. The Balaban J connectivity index is 1.43. The van der Waals surface area contributed by atoms with Gasteiger partial charge in [-0.2, -0.15) is 0 Å². The standard InChI is InChI=1S/C25H26FN5O2/c1-18-14-30(17-28-18)22-9-3-19(13-23(22)32-2)4-10-24-29-33-16-25(15-27-11-12-31(24)25)20-5-7-21(26)8-6-20/h3-10,13-14,17,27H,11-12,15-16H2,1-2H3/b10-4+. The van der Waals surface area contributed by atoms with Gasteiger partial charge in [-0.3, -0.25) is 0 Å². The van der Waals surface area contributed by atoms with Crippen LogP contribution in [0.15, 0.2) is 66.2 Å². The number of rotatable bonds is 5. The molecule has 3 heterocycles. The number of amidine groups is 1. The van der Waals surface area contributed by atoms with Crippen molar-refractivity contribution in [2.24, 2.45) is 5.16 Å². The molecule has 2 aliphatic rings. The number of ether oxygens (including phenoxy) is 1. The molecule has 5 rings (SSSR count). The van der Waals surface area contributed by atoms with Crippen LogP contribution in [0.5, 0.6) is 5.75 Å². The number of benzene rings is 2. The van der Waals surface area contributed by atoms with Gasteiger partial charge in [-0.15, -0.1) is 0 Å². The van der Waals surface area contributed by atoms with E-state index in [0.29, 0.717) is 13.2 Å². The van der Waals surface area contributed by atoms with E-state index in [-0.39, 0.29) is 5.82 Å². The lowest BCUT2D eigenvalue weighted by molar-refractivity contribution is -0.0154. The monoisotopic (exact) mass is 447 g/mol. The molecule has 2 aromatic carbocycles. The molecule has 0 radical (unpaired) electrons. The van der Waals surface area contributed by atoms with E-state index < -0.39 is 5.54 Å². The maximum absolute atomic E-state index is 13.5. The van der Waals surface area contributed by atoms with Crippen LogP contribution in [-0.2, 0) is 10.4 Å². The van der Waals surface area contributed by atoms with E-state index >= 15 is 0 Å². The molecular weight excluding hydrogens is 421 g/mol. The highest BCUT2D eigenvalue weighted by atomic mass is 19.1. The molecule has 0 bridgehead atoms. The van der Waals surface area contributed by atoms with Crippen LogP contribution in [0.2, 0.25) is 0 Å². The molecule has 0 saturated carbocycles. The molecule has 1 atom stereocenters. The van der Waals surface area contributed by atoms with E-state index in [2.05, 4.69) is 20.4 Å². The van der Waals surface area contributed by atoms with Crippen molar-refractivity contribution in [3.05, 3.63) is 83.7 Å². The second-order valence-corrected chi connectivity index (χ2v) is 8.28. The van der Waals surface area contributed by atoms with Crippen molar-refractivity contribution in [1.29, 1.82) is 0 Å². The molecule has 0 aliphatic carbocycles. The van der Waals surface area contributed by atoms with Crippen LogP contribution in [0, 0.1) is 12.7 Å². The van der Waals surface area contributed by atoms with Crippen molar-refractivity contribution in [3.8, 4) is 11.4 Å². The van der Waals surface area contributed by atoms with E-state index in [4.69, 9.17) is 9.57 Å². The summed E-state index contributed by atoms with van der Waals surface area (Å²) in [4.78, 5) is 12.2. The molecule has 1 saturated heterocycles. The van der Waals surface area contributed by atoms with Gasteiger partial charge in [-0.1, -0.05) is 29.4 Å². The van der Waals surface area contributed by atoms with Gasteiger partial charge < -0.3 is 24.4 Å². The van der Waals surface area contributed by atoms with Crippen LogP contribution in [0.1, 0.15) is 16.8 Å². The molecule has 0 amide bonds. The number of nitrogens with one attached hydrogen (secondary N) is 1. The Bertz CT molecular complexity index is 1200. The normalized spacial score (nSPS) is 20.3. The zero-order valence-corrected chi connectivity index (χ0v) is 18.7. The van der Waals surface area contributed by atoms with Crippen LogP contribution in [0.3, 0.4) is 0 Å². The minimum atomic E-state index is -0.436. The number of aromatic nitrogens is 2. The topological polar surface area (TPSA) is 63.9 Å². The summed E-state index contributed by atoms with van der Waals surface area (Å²) >= 11 is 0. The van der Waals surface area contributed by atoms with Gasteiger partial charge >= 0.3 is 0 Å². The van der Waals surface area contributed by atoms with E-state index in [9.17, 15) is 4.39 Å². The Kier molecular flexibility index (Phi) is 5.60. The second kappa shape index (κ2) is 8.71. The van der Waals surface area contributed by atoms with Gasteiger partial charge in [0.25, 0.3) is 0 Å². The van der Waals surface area contributed by atoms with E-state index in [1.54, 1.807) is 13.4 Å². The quantitative estimate of drug-likeness (QED) is 0.649. The molecule has 1 fully saturated rings. The number of piperazine rings is 1. The first-order valence-corrected chi connectivity index (χ1v) is 10.9. The molecule has 1 unspecified atom stereocenters. The first-order chi connectivity index (χ1) is 16.1. The van der Waals surface area contributed by atoms with Gasteiger partial charge in [-0.25, -0.2) is 9.37 Å². The Hall–Kier alpha value is -3.65. The van der Waals surface area contributed by atoms with E-state index in [0.717, 1.165) is 47.2 Å². The minimum absolute atomic E-state index is 0.251. The molecular formula is C25H26FN5O2. The van der Waals surface area contributed by atoms with Gasteiger partial charge in [0.15, 0.2) is 5.84 Å². The average molecular weight is 448 g/mol. The van der Waals surface area contributed by atoms with Crippen LogP contribution in [0.25, 0.3) is 11.8 Å². The van der Waals surface area contributed by atoms with Crippen LogP contribution in [0.4, 0.5) is 4.39 Å². The van der Waals surface area contributed by atoms with Gasteiger partial charge in [0.1, 0.15) is 23.7 Å². The predicted molar refractivity (Wildman–Crippen MR) is 125 cm³/mol. The van der Waals surface area contributed by atoms with Crippen LogP contribution < -0.4 is 10.1 Å². The SMILES string of the molecule is COc1cc(/C=C/C2=NOCC3(c4ccc(F)cc4)CNCCN23)ccc1-n1cnc(C)c1. The lowest BCUT2D eigenvalue weighted by Crippen LogP contribution is -2.64. The summed E-state index contributed by atoms with van der Waals surface area (Å²) < 4.78 is 21.1. The first-order valence-electron chi connectivity index (χ1n) is 10.9. The lowest BCUT2D eigenvalue weighted by Gasteiger charge is -2.49.